The highest BCUT2D eigenvalue weighted by atomic mass is 35.5. The summed E-state index contributed by atoms with van der Waals surface area (Å²) in [4.78, 5) is 43.4. The van der Waals surface area contributed by atoms with Gasteiger partial charge in [0.2, 0.25) is 0 Å². The van der Waals surface area contributed by atoms with Gasteiger partial charge >= 0.3 is 5.97 Å². The maximum absolute atomic E-state index is 12.2. The van der Waals surface area contributed by atoms with Crippen molar-refractivity contribution in [2.24, 2.45) is 0 Å². The number of halogens is 1. The van der Waals surface area contributed by atoms with Crippen LogP contribution in [0.25, 0.3) is 0 Å². The van der Waals surface area contributed by atoms with E-state index in [2.05, 4.69) is 15.3 Å². The third-order valence-electron chi connectivity index (χ3n) is 3.55. The average Bonchev–Trinajstić information content (AvgIpc) is 3.12. The van der Waals surface area contributed by atoms with Crippen molar-refractivity contribution >= 4 is 58.0 Å². The van der Waals surface area contributed by atoms with Crippen LogP contribution in [0.1, 0.15) is 16.1 Å². The van der Waals surface area contributed by atoms with Crippen LogP contribution in [0.3, 0.4) is 0 Å². The van der Waals surface area contributed by atoms with Crippen LogP contribution < -0.4 is 5.32 Å². The molecule has 3 aromatic rings. The Hall–Kier alpha value is -3.02. The molecule has 0 atom stereocenters. The fraction of sp³-hybridized carbons (Fsp3) is 0.111. The Labute approximate surface area is 183 Å². The molecule has 0 saturated heterocycles. The van der Waals surface area contributed by atoms with Gasteiger partial charge in [-0.15, -0.1) is 11.3 Å². The van der Waals surface area contributed by atoms with Crippen molar-refractivity contribution in [2.75, 3.05) is 11.9 Å². The summed E-state index contributed by atoms with van der Waals surface area (Å²) in [6, 6.07) is 7.08. The number of ether oxygens (including phenoxy) is 1. The number of nitro groups is 1. The highest BCUT2D eigenvalue weighted by Crippen LogP contribution is 2.36. The first kappa shape index (κ1) is 21.7. The van der Waals surface area contributed by atoms with Gasteiger partial charge in [0.25, 0.3) is 11.6 Å². The highest BCUT2D eigenvalue weighted by molar-refractivity contribution is 8.01. The zero-order valence-corrected chi connectivity index (χ0v) is 17.7. The van der Waals surface area contributed by atoms with E-state index in [0.717, 1.165) is 23.5 Å². The van der Waals surface area contributed by atoms with E-state index in [1.165, 1.54) is 29.7 Å². The Kier molecular flexibility index (Phi) is 6.98. The van der Waals surface area contributed by atoms with Crippen LogP contribution in [-0.2, 0) is 9.53 Å². The number of anilines is 1. The van der Waals surface area contributed by atoms with Crippen molar-refractivity contribution in [1.29, 1.82) is 0 Å². The SMILES string of the molecule is Cc1csc(Sc2ccc(C(=O)OCC(=O)Nc3cccnc3Cl)cc2[N+](=O)[O-])n1. The van der Waals surface area contributed by atoms with Gasteiger partial charge in [-0.2, -0.15) is 0 Å². The van der Waals surface area contributed by atoms with Crippen LogP contribution in [-0.4, -0.2) is 33.4 Å². The minimum Gasteiger partial charge on any atom is -0.452 e. The summed E-state index contributed by atoms with van der Waals surface area (Å²) in [6.45, 7) is 1.24. The molecule has 9 nitrogen and oxygen atoms in total. The van der Waals surface area contributed by atoms with Crippen LogP contribution in [0.5, 0.6) is 0 Å². The van der Waals surface area contributed by atoms with Crippen LogP contribution in [0, 0.1) is 17.0 Å². The number of aromatic nitrogens is 2. The molecule has 2 heterocycles. The van der Waals surface area contributed by atoms with Gasteiger partial charge in [-0.1, -0.05) is 23.4 Å². The zero-order chi connectivity index (χ0) is 21.7. The Morgan fingerprint density at radius 3 is 2.83 bits per heavy atom. The van der Waals surface area contributed by atoms with Gasteiger partial charge in [0.15, 0.2) is 16.1 Å². The van der Waals surface area contributed by atoms with Crippen molar-refractivity contribution in [1.82, 2.24) is 9.97 Å². The molecule has 0 aliphatic heterocycles. The van der Waals surface area contributed by atoms with Crippen molar-refractivity contribution in [3.8, 4) is 0 Å². The van der Waals surface area contributed by atoms with E-state index >= 15 is 0 Å². The molecule has 0 fully saturated rings. The number of nitrogens with one attached hydrogen (secondary N) is 1. The normalized spacial score (nSPS) is 10.5. The third kappa shape index (κ3) is 5.53. The first-order chi connectivity index (χ1) is 14.3. The lowest BCUT2D eigenvalue weighted by molar-refractivity contribution is -0.387. The fourth-order valence-corrected chi connectivity index (χ4v) is 4.27. The van der Waals surface area contributed by atoms with Gasteiger partial charge < -0.3 is 10.1 Å². The third-order valence-corrected chi connectivity index (χ3v) is 5.98. The van der Waals surface area contributed by atoms with Crippen molar-refractivity contribution < 1.29 is 19.2 Å². The second-order valence-electron chi connectivity index (χ2n) is 5.76. The summed E-state index contributed by atoms with van der Waals surface area (Å²) < 4.78 is 5.59. The summed E-state index contributed by atoms with van der Waals surface area (Å²) in [5.74, 6) is -1.49. The first-order valence-corrected chi connectivity index (χ1v) is 10.4. The Balaban J connectivity index is 1.66. The van der Waals surface area contributed by atoms with Crippen LogP contribution in [0.4, 0.5) is 11.4 Å². The number of rotatable bonds is 7. The van der Waals surface area contributed by atoms with Crippen molar-refractivity contribution in [3.05, 3.63) is 68.4 Å². The molecule has 0 aliphatic rings. The molecule has 154 valence electrons. The van der Waals surface area contributed by atoms with E-state index in [-0.39, 0.29) is 22.1 Å². The lowest BCUT2D eigenvalue weighted by Crippen LogP contribution is -2.21. The molecule has 0 unspecified atom stereocenters. The predicted molar refractivity (Wildman–Crippen MR) is 112 cm³/mol. The molecule has 30 heavy (non-hydrogen) atoms. The summed E-state index contributed by atoms with van der Waals surface area (Å²) in [5, 5.41) is 15.8. The molecular weight excluding hydrogens is 452 g/mol. The number of nitrogens with zero attached hydrogens (tertiary/aromatic N) is 3. The number of thiazole rings is 1. The van der Waals surface area contributed by atoms with Gasteiger partial charge in [-0.3, -0.25) is 14.9 Å². The van der Waals surface area contributed by atoms with E-state index in [1.54, 1.807) is 12.1 Å². The Bertz CT molecular complexity index is 1120. The van der Waals surface area contributed by atoms with Crippen LogP contribution in [0.15, 0.2) is 51.1 Å². The predicted octanol–water partition coefficient (Wildman–Crippen LogP) is 4.35. The molecular formula is C18H13ClN4O5S2. The number of hydrogen-bond acceptors (Lipinski definition) is 9. The van der Waals surface area contributed by atoms with E-state index in [9.17, 15) is 19.7 Å². The number of carbonyl (C=O) groups excluding carboxylic acids is 2. The number of amides is 1. The quantitative estimate of drug-likeness (QED) is 0.237. The molecule has 12 heteroatoms. The monoisotopic (exact) mass is 464 g/mol. The molecule has 2 aromatic heterocycles. The van der Waals surface area contributed by atoms with E-state index in [0.29, 0.717) is 9.24 Å². The minimum atomic E-state index is -0.868. The molecule has 1 N–H and O–H groups in total. The summed E-state index contributed by atoms with van der Waals surface area (Å²) in [5.41, 5.74) is 0.785. The molecule has 1 aromatic carbocycles. The average molecular weight is 465 g/mol. The largest absolute Gasteiger partial charge is 0.452 e. The number of carbonyl (C=O) groups is 2. The topological polar surface area (TPSA) is 124 Å². The van der Waals surface area contributed by atoms with E-state index < -0.39 is 23.4 Å². The van der Waals surface area contributed by atoms with Crippen molar-refractivity contribution in [2.45, 2.75) is 16.2 Å². The second kappa shape index (κ2) is 9.65. The molecule has 3 rings (SSSR count). The van der Waals surface area contributed by atoms with Crippen molar-refractivity contribution in [3.63, 3.8) is 0 Å². The molecule has 1 amide bonds. The summed E-state index contributed by atoms with van der Waals surface area (Å²) >= 11 is 8.35. The van der Waals surface area contributed by atoms with Gasteiger partial charge in [0.05, 0.1) is 21.1 Å². The molecule has 0 spiro atoms. The maximum Gasteiger partial charge on any atom is 0.338 e. The highest BCUT2D eigenvalue weighted by Gasteiger charge is 2.21. The number of benzene rings is 1. The Morgan fingerprint density at radius 1 is 1.37 bits per heavy atom. The van der Waals surface area contributed by atoms with Crippen LogP contribution in [0.2, 0.25) is 5.15 Å². The fourth-order valence-electron chi connectivity index (χ4n) is 2.23. The van der Waals surface area contributed by atoms with Gasteiger partial charge in [0, 0.05) is 23.3 Å². The number of esters is 1. The van der Waals surface area contributed by atoms with Gasteiger partial charge in [-0.05, 0) is 31.2 Å². The van der Waals surface area contributed by atoms with E-state index in [1.807, 2.05) is 12.3 Å². The first-order valence-electron chi connectivity index (χ1n) is 8.29. The molecule has 0 saturated carbocycles. The minimum absolute atomic E-state index is 0.0476. The lowest BCUT2D eigenvalue weighted by atomic mass is 10.2. The number of aryl methyl sites for hydroxylation is 1. The van der Waals surface area contributed by atoms with Gasteiger partial charge in [-0.25, -0.2) is 14.8 Å². The number of pyridine rings is 1. The number of hydrogen-bond donors (Lipinski definition) is 1. The summed E-state index contributed by atoms with van der Waals surface area (Å²) in [7, 11) is 0. The standard InChI is InChI=1S/C18H13ClN4O5S2/c1-10-9-29-18(21-10)30-14-5-4-11(7-13(14)23(26)27)17(25)28-8-15(24)22-12-3-2-6-20-16(12)19/h2-7,9H,8H2,1H3,(H,22,24). The maximum atomic E-state index is 12.2. The lowest BCUT2D eigenvalue weighted by Gasteiger charge is -2.08. The van der Waals surface area contributed by atoms with Gasteiger partial charge in [0.1, 0.15) is 0 Å². The number of nitro benzene ring substituents is 1. The smallest absolute Gasteiger partial charge is 0.338 e. The molecule has 0 aliphatic carbocycles. The Morgan fingerprint density at radius 2 is 2.17 bits per heavy atom. The molecule has 0 bridgehead atoms. The summed E-state index contributed by atoms with van der Waals surface area (Å²) in [6.07, 6.45) is 1.46. The zero-order valence-electron chi connectivity index (χ0n) is 15.3. The van der Waals surface area contributed by atoms with Crippen LogP contribution >= 0.6 is 34.7 Å². The second-order valence-corrected chi connectivity index (χ2v) is 8.27. The molecule has 0 radical (unpaired) electrons. The van der Waals surface area contributed by atoms with E-state index in [4.69, 9.17) is 16.3 Å².